The van der Waals surface area contributed by atoms with Crippen molar-refractivity contribution in [2.24, 2.45) is 11.7 Å². The van der Waals surface area contributed by atoms with Gasteiger partial charge in [0, 0.05) is 39.0 Å². The third kappa shape index (κ3) is 4.83. The molecule has 2 N–H and O–H groups in total. The fourth-order valence-corrected chi connectivity index (χ4v) is 3.66. The fraction of sp³-hybridized carbons (Fsp3) is 0.882. The van der Waals surface area contributed by atoms with Gasteiger partial charge >= 0.3 is 6.09 Å². The smallest absolute Gasteiger partial charge is 0.410 e. The fourth-order valence-electron chi connectivity index (χ4n) is 3.66. The zero-order valence-electron chi connectivity index (χ0n) is 15.3. The first-order chi connectivity index (χ1) is 11.3. The third-order valence-electron chi connectivity index (χ3n) is 4.89. The van der Waals surface area contributed by atoms with E-state index in [1.165, 1.54) is 0 Å². The van der Waals surface area contributed by atoms with Crippen molar-refractivity contribution in [2.45, 2.75) is 38.7 Å². The molecule has 0 atom stereocenters. The van der Waals surface area contributed by atoms with Crippen LogP contribution in [0, 0.1) is 5.92 Å². The van der Waals surface area contributed by atoms with Gasteiger partial charge in [0.05, 0.1) is 13.1 Å². The van der Waals surface area contributed by atoms with Gasteiger partial charge in [0.1, 0.15) is 5.60 Å². The van der Waals surface area contributed by atoms with Crippen LogP contribution >= 0.6 is 0 Å². The largest absolute Gasteiger partial charge is 0.441 e. The van der Waals surface area contributed by atoms with Crippen molar-refractivity contribution in [3.63, 3.8) is 0 Å². The van der Waals surface area contributed by atoms with Crippen LogP contribution < -0.4 is 5.73 Å². The Balaban J connectivity index is 1.76. The minimum atomic E-state index is -0.410. The van der Waals surface area contributed by atoms with E-state index in [9.17, 15) is 9.59 Å². The van der Waals surface area contributed by atoms with Crippen LogP contribution in [-0.2, 0) is 9.53 Å². The summed E-state index contributed by atoms with van der Waals surface area (Å²) in [6, 6.07) is 0. The number of piperidine rings is 1. The van der Waals surface area contributed by atoms with Gasteiger partial charge in [-0.2, -0.15) is 0 Å². The molecule has 0 saturated carbocycles. The van der Waals surface area contributed by atoms with Gasteiger partial charge < -0.3 is 25.2 Å². The molecule has 0 bridgehead atoms. The summed E-state index contributed by atoms with van der Waals surface area (Å²) in [5.41, 5.74) is 5.00. The molecule has 0 unspecified atom stereocenters. The molecule has 138 valence electrons. The minimum Gasteiger partial charge on any atom is -0.441 e. The van der Waals surface area contributed by atoms with Crippen LogP contribution in [0.25, 0.3) is 0 Å². The Labute approximate surface area is 145 Å². The summed E-state index contributed by atoms with van der Waals surface area (Å²) in [5.74, 6) is 0.621. The SMILES string of the molecule is CC(C)CN(C)CCCN1CC2(CCN(C(=O)CN)CC2)OC1=O. The zero-order chi connectivity index (χ0) is 17.7. The summed E-state index contributed by atoms with van der Waals surface area (Å²) in [4.78, 5) is 29.7. The van der Waals surface area contributed by atoms with E-state index in [4.69, 9.17) is 10.5 Å². The number of carbonyl (C=O) groups excluding carboxylic acids is 2. The van der Waals surface area contributed by atoms with Crippen molar-refractivity contribution in [3.8, 4) is 0 Å². The second-order valence-corrected chi connectivity index (χ2v) is 7.57. The van der Waals surface area contributed by atoms with Gasteiger partial charge in [-0.1, -0.05) is 13.8 Å². The van der Waals surface area contributed by atoms with E-state index >= 15 is 0 Å². The summed E-state index contributed by atoms with van der Waals surface area (Å²) in [7, 11) is 2.12. The second-order valence-electron chi connectivity index (χ2n) is 7.57. The van der Waals surface area contributed by atoms with Crippen molar-refractivity contribution in [3.05, 3.63) is 0 Å². The highest BCUT2D eigenvalue weighted by molar-refractivity contribution is 5.78. The molecule has 7 heteroatoms. The van der Waals surface area contributed by atoms with E-state index in [0.29, 0.717) is 38.4 Å². The van der Waals surface area contributed by atoms with Crippen LogP contribution in [0.2, 0.25) is 0 Å². The molecule has 0 aromatic carbocycles. The summed E-state index contributed by atoms with van der Waals surface area (Å²) >= 11 is 0. The molecule has 2 saturated heterocycles. The summed E-state index contributed by atoms with van der Waals surface area (Å²) in [6.45, 7) is 9.12. The molecule has 1 spiro atoms. The molecule has 2 fully saturated rings. The van der Waals surface area contributed by atoms with E-state index in [2.05, 4.69) is 25.8 Å². The normalized spacial score (nSPS) is 20.3. The first-order valence-electron chi connectivity index (χ1n) is 8.99. The predicted octanol–water partition coefficient (Wildman–Crippen LogP) is 0.736. The standard InChI is InChI=1S/C17H32N4O3/c1-14(2)12-19(3)7-4-8-21-13-17(24-16(21)23)5-9-20(10-6-17)15(22)11-18/h14H,4-13,18H2,1-3H3. The molecule has 0 aromatic rings. The van der Waals surface area contributed by atoms with Crippen molar-refractivity contribution >= 4 is 12.0 Å². The maximum Gasteiger partial charge on any atom is 0.410 e. The molecule has 0 aliphatic carbocycles. The zero-order valence-corrected chi connectivity index (χ0v) is 15.3. The predicted molar refractivity (Wildman–Crippen MR) is 92.6 cm³/mol. The van der Waals surface area contributed by atoms with Gasteiger partial charge in [-0.25, -0.2) is 4.79 Å². The maximum absolute atomic E-state index is 12.2. The molecule has 0 aromatic heterocycles. The number of nitrogens with two attached hydrogens (primary N) is 1. The Morgan fingerprint density at radius 2 is 2.04 bits per heavy atom. The number of nitrogens with zero attached hydrogens (tertiary/aromatic N) is 3. The molecule has 24 heavy (non-hydrogen) atoms. The third-order valence-corrected chi connectivity index (χ3v) is 4.89. The average Bonchev–Trinajstić information content (AvgIpc) is 2.82. The number of likely N-dealkylation sites (tertiary alicyclic amines) is 1. The summed E-state index contributed by atoms with van der Waals surface area (Å²) in [5, 5.41) is 0. The van der Waals surface area contributed by atoms with Crippen molar-refractivity contribution in [1.82, 2.24) is 14.7 Å². The maximum atomic E-state index is 12.2. The van der Waals surface area contributed by atoms with Gasteiger partial charge in [0.15, 0.2) is 0 Å². The van der Waals surface area contributed by atoms with E-state index in [-0.39, 0.29) is 18.5 Å². The van der Waals surface area contributed by atoms with Crippen LogP contribution in [0.4, 0.5) is 4.79 Å². The van der Waals surface area contributed by atoms with Gasteiger partial charge in [0.2, 0.25) is 5.91 Å². The van der Waals surface area contributed by atoms with Crippen LogP contribution in [0.5, 0.6) is 0 Å². The molecule has 2 amide bonds. The Morgan fingerprint density at radius 1 is 1.38 bits per heavy atom. The lowest BCUT2D eigenvalue weighted by atomic mass is 9.91. The van der Waals surface area contributed by atoms with Crippen LogP contribution in [0.1, 0.15) is 33.1 Å². The Morgan fingerprint density at radius 3 is 2.62 bits per heavy atom. The molecule has 2 aliphatic rings. The Hall–Kier alpha value is -1.34. The van der Waals surface area contributed by atoms with Crippen LogP contribution in [0.3, 0.4) is 0 Å². The lowest BCUT2D eigenvalue weighted by molar-refractivity contribution is -0.133. The van der Waals surface area contributed by atoms with E-state index in [1.54, 1.807) is 4.90 Å². The lowest BCUT2D eigenvalue weighted by Crippen LogP contribution is -2.50. The number of carbonyl (C=O) groups is 2. The van der Waals surface area contributed by atoms with Crippen LogP contribution in [0.15, 0.2) is 0 Å². The second kappa shape index (κ2) is 8.16. The molecule has 0 radical (unpaired) electrons. The van der Waals surface area contributed by atoms with Gasteiger partial charge in [-0.05, 0) is 25.9 Å². The van der Waals surface area contributed by atoms with Crippen LogP contribution in [-0.4, -0.2) is 85.2 Å². The first-order valence-corrected chi connectivity index (χ1v) is 8.99. The molecule has 2 rings (SSSR count). The minimum absolute atomic E-state index is 0.0285. The monoisotopic (exact) mass is 340 g/mol. The summed E-state index contributed by atoms with van der Waals surface area (Å²) in [6.07, 6.45) is 2.15. The van der Waals surface area contributed by atoms with Crippen molar-refractivity contribution in [2.75, 3.05) is 52.9 Å². The number of rotatable bonds is 7. The summed E-state index contributed by atoms with van der Waals surface area (Å²) < 4.78 is 5.69. The highest BCUT2D eigenvalue weighted by atomic mass is 16.6. The molecule has 7 nitrogen and oxygen atoms in total. The quantitative estimate of drug-likeness (QED) is 0.739. The van der Waals surface area contributed by atoms with E-state index in [0.717, 1.165) is 26.1 Å². The molecular formula is C17H32N4O3. The van der Waals surface area contributed by atoms with Gasteiger partial charge in [0.25, 0.3) is 0 Å². The van der Waals surface area contributed by atoms with Crippen molar-refractivity contribution in [1.29, 1.82) is 0 Å². The lowest BCUT2D eigenvalue weighted by Gasteiger charge is -2.37. The first kappa shape index (κ1) is 19.0. The average molecular weight is 340 g/mol. The number of hydrogen-bond acceptors (Lipinski definition) is 5. The highest BCUT2D eigenvalue weighted by Crippen LogP contribution is 2.33. The Kier molecular flexibility index (Phi) is 6.46. The van der Waals surface area contributed by atoms with E-state index < -0.39 is 5.60 Å². The molecule has 2 aliphatic heterocycles. The van der Waals surface area contributed by atoms with Gasteiger partial charge in [-0.15, -0.1) is 0 Å². The number of hydrogen-bond donors (Lipinski definition) is 1. The number of amides is 2. The topological polar surface area (TPSA) is 79.1 Å². The number of ether oxygens (including phenoxy) is 1. The molecular weight excluding hydrogens is 308 g/mol. The van der Waals surface area contributed by atoms with Crippen molar-refractivity contribution < 1.29 is 14.3 Å². The van der Waals surface area contributed by atoms with Gasteiger partial charge in [-0.3, -0.25) is 4.79 Å². The highest BCUT2D eigenvalue weighted by Gasteiger charge is 2.47. The van der Waals surface area contributed by atoms with E-state index in [1.807, 2.05) is 4.90 Å². The Bertz CT molecular complexity index is 447. The molecule has 2 heterocycles.